The van der Waals surface area contributed by atoms with Crippen LogP contribution in [0.5, 0.6) is 0 Å². The van der Waals surface area contributed by atoms with Crippen LogP contribution in [0, 0.1) is 6.92 Å². The number of aromatic nitrogens is 2. The Morgan fingerprint density at radius 3 is 2.68 bits per heavy atom. The van der Waals surface area contributed by atoms with Crippen molar-refractivity contribution in [1.29, 1.82) is 0 Å². The van der Waals surface area contributed by atoms with E-state index in [9.17, 15) is 18.0 Å². The fourth-order valence-corrected chi connectivity index (χ4v) is 2.98. The molecule has 2 heterocycles. The number of hydrogen-bond donors (Lipinski definition) is 2. The number of hydrogen-bond acceptors (Lipinski definition) is 5. The molecule has 1 atom stereocenters. The van der Waals surface area contributed by atoms with Gasteiger partial charge in [0.2, 0.25) is 11.8 Å². The van der Waals surface area contributed by atoms with E-state index < -0.39 is 27.9 Å². The molecule has 0 saturated carbocycles. The van der Waals surface area contributed by atoms with Crippen molar-refractivity contribution in [3.05, 3.63) is 12.0 Å². The fourth-order valence-electron chi connectivity index (χ4n) is 1.71. The molecule has 1 fully saturated rings. The third kappa shape index (κ3) is 2.82. The molecule has 2 amide bonds. The molecule has 0 radical (unpaired) electrons. The van der Waals surface area contributed by atoms with Gasteiger partial charge in [0.25, 0.3) is 10.0 Å². The van der Waals surface area contributed by atoms with Gasteiger partial charge in [-0.3, -0.25) is 14.9 Å². The van der Waals surface area contributed by atoms with Gasteiger partial charge in [-0.05, 0) is 13.3 Å². The number of carbonyl (C=O) groups excluding carboxylic acids is 2. The van der Waals surface area contributed by atoms with Crippen LogP contribution in [0.3, 0.4) is 0 Å². The average molecular weight is 286 g/mol. The molecule has 9 heteroatoms. The summed E-state index contributed by atoms with van der Waals surface area (Å²) in [5, 5.41) is 1.95. The molecule has 1 aromatic heterocycles. The largest absolute Gasteiger partial charge is 0.337 e. The summed E-state index contributed by atoms with van der Waals surface area (Å²) < 4.78 is 27.9. The van der Waals surface area contributed by atoms with E-state index in [0.717, 1.165) is 0 Å². The zero-order valence-corrected chi connectivity index (χ0v) is 11.3. The van der Waals surface area contributed by atoms with Crippen LogP contribution in [0.4, 0.5) is 0 Å². The number of amides is 2. The standard InChI is InChI=1S/C10H14N4O4S/c1-6-11-9(5-14(6)2)19(17,18)13-7-3-4-8(15)12-10(7)16/h5,7,13H,3-4H2,1-2H3,(H,12,15,16). The van der Waals surface area contributed by atoms with Crippen molar-refractivity contribution < 1.29 is 18.0 Å². The number of nitrogens with zero attached hydrogens (tertiary/aromatic N) is 2. The monoisotopic (exact) mass is 286 g/mol. The number of carbonyl (C=O) groups is 2. The molecule has 1 aliphatic heterocycles. The summed E-state index contributed by atoms with van der Waals surface area (Å²) in [6.45, 7) is 1.67. The second kappa shape index (κ2) is 4.74. The summed E-state index contributed by atoms with van der Waals surface area (Å²) in [5.74, 6) is -0.481. The number of imidazole rings is 1. The number of aryl methyl sites for hydroxylation is 2. The number of nitrogens with one attached hydrogen (secondary N) is 2. The number of piperidine rings is 1. The van der Waals surface area contributed by atoms with Gasteiger partial charge in [0, 0.05) is 19.7 Å². The van der Waals surface area contributed by atoms with Crippen LogP contribution in [0.2, 0.25) is 0 Å². The highest BCUT2D eigenvalue weighted by Crippen LogP contribution is 2.11. The van der Waals surface area contributed by atoms with E-state index >= 15 is 0 Å². The molecule has 2 rings (SSSR count). The lowest BCUT2D eigenvalue weighted by atomic mass is 10.1. The Morgan fingerprint density at radius 1 is 1.47 bits per heavy atom. The fraction of sp³-hybridized carbons (Fsp3) is 0.500. The van der Waals surface area contributed by atoms with Gasteiger partial charge in [-0.25, -0.2) is 13.4 Å². The molecule has 0 aliphatic carbocycles. The van der Waals surface area contributed by atoms with Crippen LogP contribution >= 0.6 is 0 Å². The van der Waals surface area contributed by atoms with Gasteiger partial charge in [-0.1, -0.05) is 0 Å². The Hall–Kier alpha value is -1.74. The predicted octanol–water partition coefficient (Wildman–Crippen LogP) is -1.19. The van der Waals surface area contributed by atoms with Gasteiger partial charge in [-0.2, -0.15) is 4.72 Å². The molecular weight excluding hydrogens is 272 g/mol. The highest BCUT2D eigenvalue weighted by Gasteiger charge is 2.31. The van der Waals surface area contributed by atoms with Crippen molar-refractivity contribution in [2.75, 3.05) is 0 Å². The first-order valence-electron chi connectivity index (χ1n) is 5.65. The van der Waals surface area contributed by atoms with Crippen LogP contribution in [-0.2, 0) is 26.7 Å². The predicted molar refractivity (Wildman–Crippen MR) is 64.4 cm³/mol. The highest BCUT2D eigenvalue weighted by atomic mass is 32.2. The summed E-state index contributed by atoms with van der Waals surface area (Å²) in [6.07, 6.45) is 1.62. The summed E-state index contributed by atoms with van der Waals surface area (Å²) in [7, 11) is -2.19. The third-order valence-corrected chi connectivity index (χ3v) is 4.24. The molecule has 104 valence electrons. The minimum absolute atomic E-state index is 0.111. The maximum atomic E-state index is 12.0. The summed E-state index contributed by atoms with van der Waals surface area (Å²) in [5.41, 5.74) is 0. The minimum atomic E-state index is -3.87. The molecule has 19 heavy (non-hydrogen) atoms. The maximum absolute atomic E-state index is 12.0. The lowest BCUT2D eigenvalue weighted by molar-refractivity contribution is -0.134. The van der Waals surface area contributed by atoms with E-state index in [-0.39, 0.29) is 17.9 Å². The van der Waals surface area contributed by atoms with Crippen molar-refractivity contribution in [2.24, 2.45) is 7.05 Å². The third-order valence-electron chi connectivity index (χ3n) is 2.90. The topological polar surface area (TPSA) is 110 Å². The Labute approximate surface area is 110 Å². The average Bonchev–Trinajstić information content (AvgIpc) is 2.64. The minimum Gasteiger partial charge on any atom is -0.337 e. The first-order chi connectivity index (χ1) is 8.79. The molecule has 1 unspecified atom stereocenters. The van der Waals surface area contributed by atoms with Crippen molar-refractivity contribution in [3.63, 3.8) is 0 Å². The maximum Gasteiger partial charge on any atom is 0.260 e. The summed E-state index contributed by atoms with van der Waals surface area (Å²) in [4.78, 5) is 26.4. The van der Waals surface area contributed by atoms with Crippen molar-refractivity contribution >= 4 is 21.8 Å². The van der Waals surface area contributed by atoms with Gasteiger partial charge in [-0.15, -0.1) is 0 Å². The second-order valence-electron chi connectivity index (χ2n) is 4.36. The van der Waals surface area contributed by atoms with Crippen molar-refractivity contribution in [3.8, 4) is 0 Å². The summed E-state index contributed by atoms with van der Waals surface area (Å²) >= 11 is 0. The quantitative estimate of drug-likeness (QED) is 0.679. The van der Waals surface area contributed by atoms with Crippen LogP contribution < -0.4 is 10.0 Å². The second-order valence-corrected chi connectivity index (χ2v) is 6.02. The first kappa shape index (κ1) is 13.7. The van der Waals surface area contributed by atoms with Crippen LogP contribution in [-0.4, -0.2) is 35.8 Å². The number of rotatable bonds is 3. The zero-order chi connectivity index (χ0) is 14.2. The van der Waals surface area contributed by atoms with E-state index in [0.29, 0.717) is 5.82 Å². The van der Waals surface area contributed by atoms with Gasteiger partial charge < -0.3 is 4.57 Å². The molecule has 0 aromatic carbocycles. The van der Waals surface area contributed by atoms with E-state index in [1.165, 1.54) is 6.20 Å². The van der Waals surface area contributed by atoms with Gasteiger partial charge in [0.05, 0.1) is 0 Å². The van der Waals surface area contributed by atoms with Gasteiger partial charge in [0.1, 0.15) is 11.9 Å². The molecule has 8 nitrogen and oxygen atoms in total. The number of imide groups is 1. The molecule has 1 aliphatic rings. The molecule has 1 saturated heterocycles. The lowest BCUT2D eigenvalue weighted by Crippen LogP contribution is -2.52. The smallest absolute Gasteiger partial charge is 0.260 e. The molecule has 0 bridgehead atoms. The normalized spacial score (nSPS) is 20.4. The molecule has 2 N–H and O–H groups in total. The highest BCUT2D eigenvalue weighted by molar-refractivity contribution is 7.89. The van der Waals surface area contributed by atoms with E-state index in [1.54, 1.807) is 18.5 Å². The summed E-state index contributed by atoms with van der Waals surface area (Å²) in [6, 6.07) is -0.940. The van der Waals surface area contributed by atoms with Crippen molar-refractivity contribution in [1.82, 2.24) is 19.6 Å². The van der Waals surface area contributed by atoms with E-state index in [1.807, 2.05) is 0 Å². The molecular formula is C10H14N4O4S. The Morgan fingerprint density at radius 2 is 2.16 bits per heavy atom. The molecule has 0 spiro atoms. The first-order valence-corrected chi connectivity index (χ1v) is 7.14. The Kier molecular flexibility index (Phi) is 3.42. The molecule has 1 aromatic rings. The van der Waals surface area contributed by atoms with Gasteiger partial charge >= 0.3 is 0 Å². The van der Waals surface area contributed by atoms with Crippen LogP contribution in [0.1, 0.15) is 18.7 Å². The van der Waals surface area contributed by atoms with E-state index in [2.05, 4.69) is 15.0 Å². The number of sulfonamides is 1. The Bertz CT molecular complexity index is 614. The zero-order valence-electron chi connectivity index (χ0n) is 10.5. The van der Waals surface area contributed by atoms with Crippen LogP contribution in [0.25, 0.3) is 0 Å². The lowest BCUT2D eigenvalue weighted by Gasteiger charge is -2.21. The van der Waals surface area contributed by atoms with E-state index in [4.69, 9.17) is 0 Å². The Balaban J connectivity index is 2.18. The van der Waals surface area contributed by atoms with Gasteiger partial charge in [0.15, 0.2) is 5.03 Å². The SMILES string of the molecule is Cc1nc(S(=O)(=O)NC2CCC(=O)NC2=O)cn1C. The van der Waals surface area contributed by atoms with Crippen LogP contribution in [0.15, 0.2) is 11.2 Å². The van der Waals surface area contributed by atoms with Crippen molar-refractivity contribution in [2.45, 2.75) is 30.8 Å².